The average Bonchev–Trinajstić information content (AvgIpc) is 2.89. The fourth-order valence-corrected chi connectivity index (χ4v) is 4.54. The summed E-state index contributed by atoms with van der Waals surface area (Å²) in [5, 5.41) is 0.677. The SMILES string of the molecule is CSc1nc(N=CN(C)C)c(Br)c(N2CC3CCC(C2)N3C(=O)OC(C)(C)C)n1. The summed E-state index contributed by atoms with van der Waals surface area (Å²) >= 11 is 5.15. The number of hydrogen-bond donors (Lipinski definition) is 0. The minimum Gasteiger partial charge on any atom is -0.444 e. The molecule has 3 rings (SSSR count). The Morgan fingerprint density at radius 1 is 1.28 bits per heavy atom. The highest BCUT2D eigenvalue weighted by atomic mass is 79.9. The molecule has 160 valence electrons. The number of hydrogen-bond acceptors (Lipinski definition) is 7. The Hall–Kier alpha value is -1.55. The molecular weight excluding hydrogens is 456 g/mol. The van der Waals surface area contributed by atoms with Crippen LogP contribution < -0.4 is 4.90 Å². The van der Waals surface area contributed by atoms with Crippen LogP contribution >= 0.6 is 27.7 Å². The molecule has 0 N–H and O–H groups in total. The van der Waals surface area contributed by atoms with E-state index in [-0.39, 0.29) is 18.2 Å². The molecule has 1 aromatic heterocycles. The molecule has 29 heavy (non-hydrogen) atoms. The van der Waals surface area contributed by atoms with E-state index in [0.29, 0.717) is 11.0 Å². The maximum absolute atomic E-state index is 12.7. The number of anilines is 1. The van der Waals surface area contributed by atoms with Crippen LogP contribution in [0.3, 0.4) is 0 Å². The van der Waals surface area contributed by atoms with E-state index in [1.54, 1.807) is 6.34 Å². The third-order valence-corrected chi connectivity index (χ3v) is 6.03. The Balaban J connectivity index is 1.85. The standard InChI is InChI=1S/C19H29BrN6O2S/c1-19(2,3)28-18(27)26-12-7-8-13(26)10-25(9-12)16-14(20)15(21-11-24(4)5)22-17(23-16)29-6/h11-13H,7-10H2,1-6H3. The third-order valence-electron chi connectivity index (χ3n) is 4.78. The number of carbonyl (C=O) groups is 1. The van der Waals surface area contributed by atoms with Crippen LogP contribution in [0.1, 0.15) is 33.6 Å². The minimum absolute atomic E-state index is 0.122. The van der Waals surface area contributed by atoms with E-state index in [4.69, 9.17) is 9.72 Å². The normalized spacial score (nSPS) is 21.8. The van der Waals surface area contributed by atoms with Crippen LogP contribution in [0.2, 0.25) is 0 Å². The number of halogens is 1. The van der Waals surface area contributed by atoms with Gasteiger partial charge in [0, 0.05) is 27.2 Å². The molecule has 0 aliphatic carbocycles. The van der Waals surface area contributed by atoms with Crippen LogP contribution in [-0.2, 0) is 4.74 Å². The number of amides is 1. The van der Waals surface area contributed by atoms with Crippen LogP contribution in [0.4, 0.5) is 16.4 Å². The van der Waals surface area contributed by atoms with Crippen LogP contribution in [-0.4, -0.2) is 83.3 Å². The molecule has 2 unspecified atom stereocenters. The molecule has 8 nitrogen and oxygen atoms in total. The second-order valence-electron chi connectivity index (χ2n) is 8.56. The van der Waals surface area contributed by atoms with E-state index in [0.717, 1.165) is 36.2 Å². The lowest BCUT2D eigenvalue weighted by Crippen LogP contribution is -2.57. The van der Waals surface area contributed by atoms with Crippen molar-refractivity contribution >= 4 is 51.8 Å². The van der Waals surface area contributed by atoms with Crippen molar-refractivity contribution in [3.05, 3.63) is 4.47 Å². The first-order valence-electron chi connectivity index (χ1n) is 9.67. The Labute approximate surface area is 185 Å². The highest BCUT2D eigenvalue weighted by molar-refractivity contribution is 9.10. The quantitative estimate of drug-likeness (QED) is 0.278. The van der Waals surface area contributed by atoms with Gasteiger partial charge in [-0.15, -0.1) is 0 Å². The Morgan fingerprint density at radius 2 is 1.90 bits per heavy atom. The first kappa shape index (κ1) is 22.1. The second kappa shape index (κ2) is 8.67. The highest BCUT2D eigenvalue weighted by Crippen LogP contribution is 2.39. The van der Waals surface area contributed by atoms with Gasteiger partial charge in [0.1, 0.15) is 15.9 Å². The van der Waals surface area contributed by atoms with Crippen molar-refractivity contribution < 1.29 is 9.53 Å². The van der Waals surface area contributed by atoms with E-state index in [1.807, 2.05) is 50.9 Å². The number of thioether (sulfide) groups is 1. The molecule has 2 fully saturated rings. The molecule has 2 atom stereocenters. The summed E-state index contributed by atoms with van der Waals surface area (Å²) in [4.78, 5) is 32.5. The van der Waals surface area contributed by atoms with Gasteiger partial charge in [0.25, 0.3) is 0 Å². The van der Waals surface area contributed by atoms with Crippen LogP contribution in [0, 0.1) is 0 Å². The monoisotopic (exact) mass is 484 g/mol. The zero-order chi connectivity index (χ0) is 21.3. The van der Waals surface area contributed by atoms with Crippen LogP contribution in [0.15, 0.2) is 14.6 Å². The summed E-state index contributed by atoms with van der Waals surface area (Å²) in [6, 6.07) is 0.244. The average molecular weight is 485 g/mol. The molecule has 0 radical (unpaired) electrons. The van der Waals surface area contributed by atoms with Gasteiger partial charge in [0.05, 0.1) is 18.4 Å². The highest BCUT2D eigenvalue weighted by Gasteiger charge is 2.45. The fourth-order valence-electron chi connectivity index (χ4n) is 3.65. The predicted molar refractivity (Wildman–Crippen MR) is 120 cm³/mol. The molecule has 0 spiro atoms. The number of carbonyl (C=O) groups excluding carboxylic acids is 1. The van der Waals surface area contributed by atoms with Gasteiger partial charge in [-0.05, 0) is 55.8 Å². The summed E-state index contributed by atoms with van der Waals surface area (Å²) < 4.78 is 6.42. The molecular formula is C19H29BrN6O2S. The molecule has 3 heterocycles. The van der Waals surface area contributed by atoms with Crippen molar-refractivity contribution in [3.63, 3.8) is 0 Å². The summed E-state index contributed by atoms with van der Waals surface area (Å²) in [5.41, 5.74) is -0.490. The lowest BCUT2D eigenvalue weighted by atomic mass is 10.2. The number of rotatable bonds is 4. The lowest BCUT2D eigenvalue weighted by molar-refractivity contribution is 0.0122. The molecule has 0 aromatic carbocycles. The molecule has 0 saturated carbocycles. The number of nitrogens with zero attached hydrogens (tertiary/aromatic N) is 6. The van der Waals surface area contributed by atoms with Gasteiger partial charge in [-0.25, -0.2) is 19.8 Å². The van der Waals surface area contributed by atoms with Crippen LogP contribution in [0.25, 0.3) is 0 Å². The number of aromatic nitrogens is 2. The maximum atomic E-state index is 12.7. The first-order valence-corrected chi connectivity index (χ1v) is 11.7. The zero-order valence-electron chi connectivity index (χ0n) is 17.8. The summed E-state index contributed by atoms with van der Waals surface area (Å²) in [6.45, 7) is 7.15. The zero-order valence-corrected chi connectivity index (χ0v) is 20.2. The van der Waals surface area contributed by atoms with Gasteiger partial charge in [-0.1, -0.05) is 11.8 Å². The van der Waals surface area contributed by atoms with E-state index < -0.39 is 5.60 Å². The van der Waals surface area contributed by atoms with Gasteiger partial charge in [0.15, 0.2) is 11.0 Å². The van der Waals surface area contributed by atoms with E-state index in [9.17, 15) is 4.79 Å². The molecule has 2 aliphatic heterocycles. The number of ether oxygens (including phenoxy) is 1. The molecule has 2 bridgehead atoms. The van der Waals surface area contributed by atoms with Gasteiger partial charge < -0.3 is 14.5 Å². The Kier molecular flexibility index (Phi) is 6.62. The topological polar surface area (TPSA) is 74.2 Å². The summed E-state index contributed by atoms with van der Waals surface area (Å²) in [5.74, 6) is 1.44. The molecule has 1 amide bonds. The van der Waals surface area contributed by atoms with E-state index >= 15 is 0 Å². The van der Waals surface area contributed by atoms with Gasteiger partial charge >= 0.3 is 6.09 Å². The third kappa shape index (κ3) is 5.14. The Bertz CT molecular complexity index is 784. The fraction of sp³-hybridized carbons (Fsp3) is 0.684. The second-order valence-corrected chi connectivity index (χ2v) is 10.1. The summed E-state index contributed by atoms with van der Waals surface area (Å²) in [7, 11) is 3.84. The van der Waals surface area contributed by atoms with Crippen molar-refractivity contribution in [3.8, 4) is 0 Å². The van der Waals surface area contributed by atoms with Crippen molar-refractivity contribution in [2.75, 3.05) is 38.3 Å². The number of fused-ring (bicyclic) bond motifs is 2. The van der Waals surface area contributed by atoms with Crippen molar-refractivity contribution in [1.82, 2.24) is 19.8 Å². The lowest BCUT2D eigenvalue weighted by Gasteiger charge is -2.42. The smallest absolute Gasteiger partial charge is 0.410 e. The minimum atomic E-state index is -0.490. The van der Waals surface area contributed by atoms with Crippen molar-refractivity contribution in [2.24, 2.45) is 4.99 Å². The van der Waals surface area contributed by atoms with Gasteiger partial charge in [-0.3, -0.25) is 4.90 Å². The van der Waals surface area contributed by atoms with Crippen molar-refractivity contribution in [1.29, 1.82) is 0 Å². The number of piperazine rings is 1. The van der Waals surface area contributed by atoms with Crippen molar-refractivity contribution in [2.45, 2.75) is 56.5 Å². The predicted octanol–water partition coefficient (Wildman–Crippen LogP) is 3.77. The summed E-state index contributed by atoms with van der Waals surface area (Å²) in [6.07, 6.45) is 5.42. The molecule has 10 heteroatoms. The molecule has 1 aromatic rings. The molecule has 2 aliphatic rings. The van der Waals surface area contributed by atoms with E-state index in [2.05, 4.69) is 30.8 Å². The largest absolute Gasteiger partial charge is 0.444 e. The van der Waals surface area contributed by atoms with E-state index in [1.165, 1.54) is 11.8 Å². The Morgan fingerprint density at radius 3 is 2.41 bits per heavy atom. The van der Waals surface area contributed by atoms with Crippen LogP contribution in [0.5, 0.6) is 0 Å². The van der Waals surface area contributed by atoms with Gasteiger partial charge in [0.2, 0.25) is 0 Å². The number of aliphatic imine (C=N–C) groups is 1. The van der Waals surface area contributed by atoms with Gasteiger partial charge in [-0.2, -0.15) is 0 Å². The molecule has 2 saturated heterocycles. The maximum Gasteiger partial charge on any atom is 0.410 e. The first-order chi connectivity index (χ1) is 13.6.